The van der Waals surface area contributed by atoms with Crippen LogP contribution < -0.4 is 15.7 Å². The highest BCUT2D eigenvalue weighted by atomic mass is 16.5. The first-order valence-electron chi connectivity index (χ1n) is 9.46. The molecule has 1 unspecified atom stereocenters. The fraction of sp³-hybridized carbons (Fsp3) is 0.381. The lowest BCUT2D eigenvalue weighted by Crippen LogP contribution is -2.36. The second-order valence-electron chi connectivity index (χ2n) is 7.12. The molecule has 146 valence electrons. The van der Waals surface area contributed by atoms with Crippen LogP contribution >= 0.6 is 0 Å². The summed E-state index contributed by atoms with van der Waals surface area (Å²) in [6.07, 6.45) is 3.04. The van der Waals surface area contributed by atoms with Gasteiger partial charge in [0.2, 0.25) is 0 Å². The summed E-state index contributed by atoms with van der Waals surface area (Å²) in [5.41, 5.74) is 2.75. The van der Waals surface area contributed by atoms with Crippen molar-refractivity contribution in [2.45, 2.75) is 52.2 Å². The Morgan fingerprint density at radius 1 is 1.25 bits per heavy atom. The second kappa shape index (κ2) is 7.50. The number of amides is 1. The predicted octanol–water partition coefficient (Wildman–Crippen LogP) is 3.05. The van der Waals surface area contributed by atoms with Crippen LogP contribution in [0.4, 0.5) is 0 Å². The van der Waals surface area contributed by atoms with Crippen LogP contribution in [-0.4, -0.2) is 17.2 Å². The summed E-state index contributed by atoms with van der Waals surface area (Å²) in [5.74, 6) is 0.896. The average molecular weight is 382 g/mol. The van der Waals surface area contributed by atoms with Crippen molar-refractivity contribution in [2.24, 2.45) is 0 Å². The molecule has 4 rings (SSSR count). The summed E-state index contributed by atoms with van der Waals surface area (Å²) in [6.45, 7) is 3.72. The Morgan fingerprint density at radius 3 is 2.79 bits per heavy atom. The number of carbonyl (C=O) groups excluding carboxylic acids is 1. The fourth-order valence-corrected chi connectivity index (χ4v) is 3.58. The number of nitrogens with zero attached hydrogens (tertiary/aromatic N) is 1. The monoisotopic (exact) mass is 382 g/mol. The van der Waals surface area contributed by atoms with Crippen molar-refractivity contribution < 1.29 is 18.5 Å². The van der Waals surface area contributed by atoms with E-state index in [2.05, 4.69) is 10.5 Å². The molecular weight excluding hydrogens is 360 g/mol. The van der Waals surface area contributed by atoms with E-state index in [9.17, 15) is 9.59 Å². The summed E-state index contributed by atoms with van der Waals surface area (Å²) in [7, 11) is 0. The molecule has 0 aliphatic heterocycles. The molecule has 2 aromatic heterocycles. The van der Waals surface area contributed by atoms with Crippen molar-refractivity contribution in [2.75, 3.05) is 0 Å². The van der Waals surface area contributed by atoms with Crippen LogP contribution in [0.2, 0.25) is 0 Å². The molecule has 1 aliphatic carbocycles. The lowest BCUT2D eigenvalue weighted by Gasteiger charge is -2.17. The predicted molar refractivity (Wildman–Crippen MR) is 102 cm³/mol. The van der Waals surface area contributed by atoms with Crippen LogP contribution in [-0.2, 0) is 24.2 Å². The van der Waals surface area contributed by atoms with E-state index in [1.807, 2.05) is 12.1 Å². The zero-order chi connectivity index (χ0) is 19.7. The van der Waals surface area contributed by atoms with Crippen molar-refractivity contribution >= 4 is 16.9 Å². The Bertz CT molecular complexity index is 1080. The maximum atomic E-state index is 12.3. The first kappa shape index (κ1) is 18.3. The molecule has 1 amide bonds. The van der Waals surface area contributed by atoms with Crippen LogP contribution in [0.5, 0.6) is 5.75 Å². The van der Waals surface area contributed by atoms with Gasteiger partial charge >= 0.3 is 5.63 Å². The summed E-state index contributed by atoms with van der Waals surface area (Å²) < 4.78 is 16.2. The third-order valence-electron chi connectivity index (χ3n) is 5.00. The van der Waals surface area contributed by atoms with E-state index in [1.165, 1.54) is 0 Å². The van der Waals surface area contributed by atoms with Gasteiger partial charge in [-0.25, -0.2) is 4.79 Å². The molecule has 7 heteroatoms. The van der Waals surface area contributed by atoms with Crippen molar-refractivity contribution in [3.63, 3.8) is 0 Å². The average Bonchev–Trinajstić information content (AvgIpc) is 3.11. The second-order valence-corrected chi connectivity index (χ2v) is 7.12. The zero-order valence-corrected chi connectivity index (χ0v) is 15.9. The highest BCUT2D eigenvalue weighted by Gasteiger charge is 2.19. The van der Waals surface area contributed by atoms with E-state index in [1.54, 1.807) is 26.0 Å². The normalized spacial score (nSPS) is 14.5. The lowest BCUT2D eigenvalue weighted by molar-refractivity contribution is -0.127. The van der Waals surface area contributed by atoms with Gasteiger partial charge in [-0.15, -0.1) is 0 Å². The van der Waals surface area contributed by atoms with Crippen molar-refractivity contribution in [1.82, 2.24) is 10.5 Å². The van der Waals surface area contributed by atoms with Gasteiger partial charge in [0, 0.05) is 23.1 Å². The molecular formula is C21H22N2O5. The number of aryl methyl sites for hydroxylation is 2. The molecule has 0 bridgehead atoms. The van der Waals surface area contributed by atoms with E-state index in [0.29, 0.717) is 22.8 Å². The summed E-state index contributed by atoms with van der Waals surface area (Å²) in [5, 5.41) is 7.54. The zero-order valence-electron chi connectivity index (χ0n) is 15.9. The number of fused-ring (bicyclic) bond motifs is 3. The molecule has 1 aromatic carbocycles. The molecule has 0 saturated carbocycles. The van der Waals surface area contributed by atoms with Crippen LogP contribution in [0.3, 0.4) is 0 Å². The third-order valence-corrected chi connectivity index (χ3v) is 5.00. The molecule has 0 radical (unpaired) electrons. The van der Waals surface area contributed by atoms with Gasteiger partial charge in [-0.1, -0.05) is 5.16 Å². The Hall–Kier alpha value is -3.09. The van der Waals surface area contributed by atoms with Crippen molar-refractivity contribution in [1.29, 1.82) is 0 Å². The standard InChI is InChI=1S/C21H22N2O5/c1-12-9-14(23-28-12)11-22-20(24)13(2)26-15-7-8-17-16-5-3-4-6-18(16)21(25)27-19(17)10-15/h7-10,13H,3-6,11H2,1-2H3,(H,22,24). The molecule has 1 aliphatic rings. The van der Waals surface area contributed by atoms with Crippen LogP contribution in [0.25, 0.3) is 11.0 Å². The van der Waals surface area contributed by atoms with Gasteiger partial charge in [0.25, 0.3) is 5.91 Å². The Morgan fingerprint density at radius 2 is 2.04 bits per heavy atom. The fourth-order valence-electron chi connectivity index (χ4n) is 3.58. The SMILES string of the molecule is Cc1cc(CNC(=O)C(C)Oc2ccc3c4c(c(=O)oc3c2)CCCC4)no1. The first-order valence-corrected chi connectivity index (χ1v) is 9.46. The molecule has 0 fully saturated rings. The van der Waals surface area contributed by atoms with Gasteiger partial charge in [-0.3, -0.25) is 4.79 Å². The van der Waals surface area contributed by atoms with Crippen molar-refractivity contribution in [3.8, 4) is 5.75 Å². The van der Waals surface area contributed by atoms with Crippen LogP contribution in [0.15, 0.2) is 38.0 Å². The smallest absolute Gasteiger partial charge is 0.339 e. The molecule has 0 saturated heterocycles. The molecule has 0 spiro atoms. The molecule has 3 aromatic rings. The van der Waals surface area contributed by atoms with Gasteiger partial charge in [0.15, 0.2) is 6.10 Å². The summed E-state index contributed by atoms with van der Waals surface area (Å²) in [4.78, 5) is 24.5. The van der Waals surface area contributed by atoms with E-state index in [-0.39, 0.29) is 18.1 Å². The van der Waals surface area contributed by atoms with Gasteiger partial charge < -0.3 is 19.0 Å². The number of rotatable bonds is 5. The molecule has 2 heterocycles. The topological polar surface area (TPSA) is 94.6 Å². The minimum Gasteiger partial charge on any atom is -0.481 e. The van der Waals surface area contributed by atoms with E-state index < -0.39 is 6.10 Å². The van der Waals surface area contributed by atoms with Gasteiger partial charge in [0.05, 0.1) is 6.54 Å². The maximum Gasteiger partial charge on any atom is 0.339 e. The number of hydrogen-bond donors (Lipinski definition) is 1. The van der Waals surface area contributed by atoms with Gasteiger partial charge in [-0.2, -0.15) is 0 Å². The Kier molecular flexibility index (Phi) is 4.90. The van der Waals surface area contributed by atoms with Gasteiger partial charge in [0.1, 0.15) is 22.8 Å². The number of carbonyl (C=O) groups is 1. The largest absolute Gasteiger partial charge is 0.481 e. The molecule has 1 N–H and O–H groups in total. The first-order chi connectivity index (χ1) is 13.5. The quantitative estimate of drug-likeness (QED) is 0.682. The molecule has 1 atom stereocenters. The Balaban J connectivity index is 1.48. The van der Waals surface area contributed by atoms with E-state index >= 15 is 0 Å². The maximum absolute atomic E-state index is 12.3. The minimum absolute atomic E-state index is 0.266. The number of benzene rings is 1. The van der Waals surface area contributed by atoms with Gasteiger partial charge in [-0.05, 0) is 57.2 Å². The number of aromatic nitrogens is 1. The molecule has 28 heavy (non-hydrogen) atoms. The highest BCUT2D eigenvalue weighted by molar-refractivity contribution is 5.83. The summed E-state index contributed by atoms with van der Waals surface area (Å²) >= 11 is 0. The van der Waals surface area contributed by atoms with E-state index in [0.717, 1.165) is 42.2 Å². The summed E-state index contributed by atoms with van der Waals surface area (Å²) in [6, 6.07) is 7.15. The minimum atomic E-state index is -0.713. The Labute approximate surface area is 161 Å². The van der Waals surface area contributed by atoms with Crippen LogP contribution in [0, 0.1) is 6.92 Å². The number of ether oxygens (including phenoxy) is 1. The number of nitrogens with one attached hydrogen (secondary N) is 1. The third kappa shape index (κ3) is 3.65. The highest BCUT2D eigenvalue weighted by Crippen LogP contribution is 2.29. The van der Waals surface area contributed by atoms with Crippen LogP contribution in [0.1, 0.15) is 42.3 Å². The molecule has 7 nitrogen and oxygen atoms in total. The van der Waals surface area contributed by atoms with E-state index in [4.69, 9.17) is 13.7 Å². The van der Waals surface area contributed by atoms with Crippen molar-refractivity contribution in [3.05, 3.63) is 57.3 Å². The lowest BCUT2D eigenvalue weighted by atomic mass is 9.91. The number of hydrogen-bond acceptors (Lipinski definition) is 6.